The fraction of sp³-hybridized carbons (Fsp3) is 0.455. The summed E-state index contributed by atoms with van der Waals surface area (Å²) in [5, 5.41) is 2.88. The van der Waals surface area contributed by atoms with Crippen molar-refractivity contribution in [1.29, 1.82) is 0 Å². The standard InChI is InChI=1S/C11H13F2NO2/c1-14-3-2-7-10(13)8(12)6-9-11(7)16-5-4-15-9/h6,14H,2-5H2,1H3. The molecule has 0 atom stereocenters. The molecule has 3 nitrogen and oxygen atoms in total. The summed E-state index contributed by atoms with van der Waals surface area (Å²) in [7, 11) is 1.75. The predicted molar refractivity (Wildman–Crippen MR) is 55.0 cm³/mol. The normalized spacial score (nSPS) is 13.9. The number of rotatable bonds is 3. The highest BCUT2D eigenvalue weighted by molar-refractivity contribution is 5.49. The number of ether oxygens (including phenoxy) is 2. The summed E-state index contributed by atoms with van der Waals surface area (Å²) in [5.41, 5.74) is 0.240. The van der Waals surface area contributed by atoms with Gasteiger partial charge in [0, 0.05) is 11.6 Å². The molecule has 0 radical (unpaired) electrons. The van der Waals surface area contributed by atoms with E-state index in [0.717, 1.165) is 6.07 Å². The second-order valence-electron chi connectivity index (χ2n) is 3.53. The molecule has 2 rings (SSSR count). The van der Waals surface area contributed by atoms with Gasteiger partial charge in [0.05, 0.1) is 0 Å². The Bertz CT molecular complexity index is 396. The molecule has 1 aromatic rings. The fourth-order valence-corrected chi connectivity index (χ4v) is 1.67. The van der Waals surface area contributed by atoms with Crippen molar-refractivity contribution in [2.24, 2.45) is 0 Å². The van der Waals surface area contributed by atoms with Crippen LogP contribution in [0.25, 0.3) is 0 Å². The zero-order chi connectivity index (χ0) is 11.5. The van der Waals surface area contributed by atoms with E-state index in [0.29, 0.717) is 31.9 Å². The largest absolute Gasteiger partial charge is 0.486 e. The number of halogens is 2. The molecule has 0 saturated carbocycles. The van der Waals surface area contributed by atoms with Gasteiger partial charge in [-0.25, -0.2) is 8.78 Å². The number of hydrogen-bond acceptors (Lipinski definition) is 3. The third-order valence-electron chi connectivity index (χ3n) is 2.44. The summed E-state index contributed by atoms with van der Waals surface area (Å²) < 4.78 is 37.4. The van der Waals surface area contributed by atoms with Crippen molar-refractivity contribution in [2.75, 3.05) is 26.8 Å². The van der Waals surface area contributed by atoms with E-state index in [1.165, 1.54) is 0 Å². The van der Waals surface area contributed by atoms with Crippen LogP contribution in [0.15, 0.2) is 6.07 Å². The van der Waals surface area contributed by atoms with Crippen LogP contribution in [0.1, 0.15) is 5.56 Å². The molecule has 0 aliphatic carbocycles. The minimum Gasteiger partial charge on any atom is -0.486 e. The summed E-state index contributed by atoms with van der Waals surface area (Å²) in [4.78, 5) is 0. The topological polar surface area (TPSA) is 30.5 Å². The molecule has 1 aliphatic rings. The second kappa shape index (κ2) is 4.65. The first-order chi connectivity index (χ1) is 7.74. The summed E-state index contributed by atoms with van der Waals surface area (Å²) in [6, 6.07) is 1.03. The lowest BCUT2D eigenvalue weighted by atomic mass is 10.1. The van der Waals surface area contributed by atoms with E-state index in [2.05, 4.69) is 5.32 Å². The number of hydrogen-bond donors (Lipinski definition) is 1. The van der Waals surface area contributed by atoms with Crippen molar-refractivity contribution >= 4 is 0 Å². The first kappa shape index (κ1) is 11.1. The minimum absolute atomic E-state index is 0.240. The van der Waals surface area contributed by atoms with Gasteiger partial charge in [-0.3, -0.25) is 0 Å². The van der Waals surface area contributed by atoms with Crippen molar-refractivity contribution in [3.8, 4) is 11.5 Å². The van der Waals surface area contributed by atoms with Crippen molar-refractivity contribution < 1.29 is 18.3 Å². The second-order valence-corrected chi connectivity index (χ2v) is 3.53. The molecule has 0 spiro atoms. The molecule has 0 fully saturated rings. The molecule has 0 amide bonds. The monoisotopic (exact) mass is 229 g/mol. The number of nitrogens with one attached hydrogen (secondary N) is 1. The van der Waals surface area contributed by atoms with Crippen molar-refractivity contribution in [3.05, 3.63) is 23.3 Å². The predicted octanol–water partition coefficient (Wildman–Crippen LogP) is 1.50. The van der Waals surface area contributed by atoms with Gasteiger partial charge in [0.15, 0.2) is 23.1 Å². The van der Waals surface area contributed by atoms with Gasteiger partial charge < -0.3 is 14.8 Å². The molecule has 5 heteroatoms. The Labute approximate surface area is 92.4 Å². The molecule has 1 heterocycles. The first-order valence-corrected chi connectivity index (χ1v) is 5.15. The maximum atomic E-state index is 13.6. The highest BCUT2D eigenvalue weighted by atomic mass is 19.2. The molecular formula is C11H13F2NO2. The Morgan fingerprint density at radius 3 is 2.81 bits per heavy atom. The van der Waals surface area contributed by atoms with Crippen molar-refractivity contribution in [3.63, 3.8) is 0 Å². The molecule has 16 heavy (non-hydrogen) atoms. The molecule has 0 unspecified atom stereocenters. The van der Waals surface area contributed by atoms with Crippen LogP contribution in [0.5, 0.6) is 11.5 Å². The van der Waals surface area contributed by atoms with E-state index >= 15 is 0 Å². The zero-order valence-corrected chi connectivity index (χ0v) is 8.98. The van der Waals surface area contributed by atoms with Gasteiger partial charge in [-0.05, 0) is 20.0 Å². The Morgan fingerprint density at radius 1 is 1.31 bits per heavy atom. The fourth-order valence-electron chi connectivity index (χ4n) is 1.67. The van der Waals surface area contributed by atoms with Crippen molar-refractivity contribution in [1.82, 2.24) is 5.32 Å². The van der Waals surface area contributed by atoms with E-state index in [-0.39, 0.29) is 11.3 Å². The number of fused-ring (bicyclic) bond motifs is 1. The Hall–Kier alpha value is -1.36. The average Bonchev–Trinajstić information content (AvgIpc) is 2.30. The number of likely N-dealkylation sites (N-methyl/N-ethyl adjacent to an activating group) is 1. The summed E-state index contributed by atoms with van der Waals surface area (Å²) in [6.07, 6.45) is 0.367. The van der Waals surface area contributed by atoms with Crippen LogP contribution in [0.4, 0.5) is 8.78 Å². The molecule has 0 bridgehead atoms. The van der Waals surface area contributed by atoms with E-state index < -0.39 is 11.6 Å². The van der Waals surface area contributed by atoms with E-state index in [9.17, 15) is 8.78 Å². The minimum atomic E-state index is -0.893. The average molecular weight is 229 g/mol. The summed E-state index contributed by atoms with van der Waals surface area (Å²) >= 11 is 0. The highest BCUT2D eigenvalue weighted by Crippen LogP contribution is 2.37. The molecule has 0 aromatic heterocycles. The molecule has 88 valence electrons. The van der Waals surface area contributed by atoms with Gasteiger partial charge in [-0.15, -0.1) is 0 Å². The van der Waals surface area contributed by atoms with Gasteiger partial charge >= 0.3 is 0 Å². The lowest BCUT2D eigenvalue weighted by Crippen LogP contribution is -2.19. The Kier molecular flexibility index (Phi) is 3.24. The zero-order valence-electron chi connectivity index (χ0n) is 8.98. The molecule has 1 N–H and O–H groups in total. The van der Waals surface area contributed by atoms with Crippen LogP contribution in [0.3, 0.4) is 0 Å². The Balaban J connectivity index is 2.41. The van der Waals surface area contributed by atoms with E-state index in [4.69, 9.17) is 9.47 Å². The van der Waals surface area contributed by atoms with Crippen molar-refractivity contribution in [2.45, 2.75) is 6.42 Å². The van der Waals surface area contributed by atoms with Gasteiger partial charge in [0.2, 0.25) is 0 Å². The smallest absolute Gasteiger partial charge is 0.167 e. The maximum absolute atomic E-state index is 13.6. The lowest BCUT2D eigenvalue weighted by Gasteiger charge is -2.21. The Morgan fingerprint density at radius 2 is 2.06 bits per heavy atom. The van der Waals surface area contributed by atoms with Gasteiger partial charge in [-0.1, -0.05) is 0 Å². The van der Waals surface area contributed by atoms with Gasteiger partial charge in [0.25, 0.3) is 0 Å². The van der Waals surface area contributed by atoms with Crippen LogP contribution in [0, 0.1) is 11.6 Å². The number of benzene rings is 1. The van der Waals surface area contributed by atoms with Crippen LogP contribution in [-0.2, 0) is 6.42 Å². The molecular weight excluding hydrogens is 216 g/mol. The lowest BCUT2D eigenvalue weighted by molar-refractivity contribution is 0.167. The van der Waals surface area contributed by atoms with Gasteiger partial charge in [-0.2, -0.15) is 0 Å². The SMILES string of the molecule is CNCCc1c(F)c(F)cc2c1OCCO2. The van der Waals surface area contributed by atoms with Crippen LogP contribution >= 0.6 is 0 Å². The van der Waals surface area contributed by atoms with Crippen LogP contribution in [-0.4, -0.2) is 26.8 Å². The molecule has 0 saturated heterocycles. The third kappa shape index (κ3) is 1.95. The van der Waals surface area contributed by atoms with E-state index in [1.54, 1.807) is 7.05 Å². The summed E-state index contributed by atoms with van der Waals surface area (Å²) in [5.74, 6) is -1.12. The first-order valence-electron chi connectivity index (χ1n) is 5.15. The van der Waals surface area contributed by atoms with Gasteiger partial charge in [0.1, 0.15) is 13.2 Å². The third-order valence-corrected chi connectivity index (χ3v) is 2.44. The van der Waals surface area contributed by atoms with E-state index in [1.807, 2.05) is 0 Å². The highest BCUT2D eigenvalue weighted by Gasteiger charge is 2.22. The van der Waals surface area contributed by atoms with Crippen LogP contribution in [0.2, 0.25) is 0 Å². The molecule has 1 aliphatic heterocycles. The quantitative estimate of drug-likeness (QED) is 0.852. The summed E-state index contributed by atoms with van der Waals surface area (Å²) in [6.45, 7) is 1.28. The molecule has 1 aromatic carbocycles. The van der Waals surface area contributed by atoms with Crippen LogP contribution < -0.4 is 14.8 Å². The maximum Gasteiger partial charge on any atom is 0.167 e.